The van der Waals surface area contributed by atoms with Crippen molar-refractivity contribution in [3.05, 3.63) is 10.1 Å². The van der Waals surface area contributed by atoms with Gasteiger partial charge >= 0.3 is 5.97 Å². The molecular formula is C11H18N2O5. The fourth-order valence-electron chi connectivity index (χ4n) is 1.37. The number of amides is 1. The Hall–Kier alpha value is -1.66. The summed E-state index contributed by atoms with van der Waals surface area (Å²) in [6.07, 6.45) is 0.204. The van der Waals surface area contributed by atoms with E-state index in [-0.39, 0.29) is 30.9 Å². The van der Waals surface area contributed by atoms with Crippen molar-refractivity contribution in [2.75, 3.05) is 6.61 Å². The SMILES string of the molecule is CC(C)C(C)NC(=O)COC(=O)C1CC1[N+](=O)[O-]. The summed E-state index contributed by atoms with van der Waals surface area (Å²) in [6, 6.07) is -0.848. The number of carbonyl (C=O) groups excluding carboxylic acids is 2. The zero-order valence-electron chi connectivity index (χ0n) is 10.7. The molecule has 3 atom stereocenters. The van der Waals surface area contributed by atoms with Crippen LogP contribution in [-0.4, -0.2) is 35.5 Å². The lowest BCUT2D eigenvalue weighted by Crippen LogP contribution is -2.38. The van der Waals surface area contributed by atoms with E-state index in [4.69, 9.17) is 4.74 Å². The predicted molar refractivity (Wildman–Crippen MR) is 62.3 cm³/mol. The third-order valence-electron chi connectivity index (χ3n) is 3.06. The molecule has 0 saturated heterocycles. The number of ether oxygens (including phenoxy) is 1. The topological polar surface area (TPSA) is 98.5 Å². The van der Waals surface area contributed by atoms with E-state index in [0.29, 0.717) is 0 Å². The van der Waals surface area contributed by atoms with Crippen molar-refractivity contribution in [2.45, 2.75) is 39.3 Å². The van der Waals surface area contributed by atoms with Crippen molar-refractivity contribution in [1.82, 2.24) is 5.32 Å². The Morgan fingerprint density at radius 2 is 2.06 bits per heavy atom. The second-order valence-corrected chi connectivity index (χ2v) is 4.90. The fourth-order valence-corrected chi connectivity index (χ4v) is 1.37. The van der Waals surface area contributed by atoms with E-state index in [1.807, 2.05) is 20.8 Å². The number of carbonyl (C=O) groups is 2. The second kappa shape index (κ2) is 5.79. The molecule has 102 valence electrons. The minimum Gasteiger partial charge on any atom is -0.455 e. The first kappa shape index (κ1) is 14.4. The smallest absolute Gasteiger partial charge is 0.316 e. The summed E-state index contributed by atoms with van der Waals surface area (Å²) >= 11 is 0. The van der Waals surface area contributed by atoms with Gasteiger partial charge in [-0.3, -0.25) is 19.7 Å². The lowest BCUT2D eigenvalue weighted by molar-refractivity contribution is -0.497. The molecule has 3 unspecified atom stereocenters. The van der Waals surface area contributed by atoms with Crippen molar-refractivity contribution in [3.63, 3.8) is 0 Å². The van der Waals surface area contributed by atoms with E-state index in [1.165, 1.54) is 0 Å². The van der Waals surface area contributed by atoms with Crippen LogP contribution in [0.1, 0.15) is 27.2 Å². The summed E-state index contributed by atoms with van der Waals surface area (Å²) in [6.45, 7) is 5.40. The van der Waals surface area contributed by atoms with Gasteiger partial charge in [0.05, 0.1) is 0 Å². The normalized spacial score (nSPS) is 23.3. The number of hydrogen-bond acceptors (Lipinski definition) is 5. The van der Waals surface area contributed by atoms with Gasteiger partial charge in [0.2, 0.25) is 6.04 Å². The van der Waals surface area contributed by atoms with E-state index in [9.17, 15) is 19.7 Å². The Bertz CT molecular complexity index is 355. The lowest BCUT2D eigenvalue weighted by atomic mass is 10.1. The van der Waals surface area contributed by atoms with E-state index in [1.54, 1.807) is 0 Å². The van der Waals surface area contributed by atoms with Crippen LogP contribution >= 0.6 is 0 Å². The number of nitrogens with one attached hydrogen (secondary N) is 1. The molecule has 0 heterocycles. The van der Waals surface area contributed by atoms with Crippen LogP contribution in [0.15, 0.2) is 0 Å². The number of hydrogen-bond donors (Lipinski definition) is 1. The summed E-state index contributed by atoms with van der Waals surface area (Å²) in [5.74, 6) is -1.45. The molecule has 7 nitrogen and oxygen atoms in total. The maximum Gasteiger partial charge on any atom is 0.316 e. The van der Waals surface area contributed by atoms with Crippen LogP contribution in [0, 0.1) is 22.0 Å². The van der Waals surface area contributed by atoms with Crippen molar-refractivity contribution in [3.8, 4) is 0 Å². The van der Waals surface area contributed by atoms with E-state index >= 15 is 0 Å². The highest BCUT2D eigenvalue weighted by molar-refractivity contribution is 5.82. The van der Waals surface area contributed by atoms with Crippen LogP contribution in [0.4, 0.5) is 0 Å². The van der Waals surface area contributed by atoms with Crippen molar-refractivity contribution >= 4 is 11.9 Å². The third kappa shape index (κ3) is 3.97. The average molecular weight is 258 g/mol. The maximum absolute atomic E-state index is 11.4. The highest BCUT2D eigenvalue weighted by Crippen LogP contribution is 2.33. The first-order valence-electron chi connectivity index (χ1n) is 5.92. The molecule has 0 bridgehead atoms. The quantitative estimate of drug-likeness (QED) is 0.421. The molecule has 1 aliphatic rings. The lowest BCUT2D eigenvalue weighted by Gasteiger charge is -2.17. The number of rotatable bonds is 6. The van der Waals surface area contributed by atoms with Gasteiger partial charge in [-0.2, -0.15) is 0 Å². The van der Waals surface area contributed by atoms with Crippen molar-refractivity contribution < 1.29 is 19.2 Å². The highest BCUT2D eigenvalue weighted by atomic mass is 16.6. The molecule has 0 aromatic carbocycles. The third-order valence-corrected chi connectivity index (χ3v) is 3.06. The van der Waals surface area contributed by atoms with Crippen LogP contribution < -0.4 is 5.32 Å². The van der Waals surface area contributed by atoms with Gasteiger partial charge in [-0.05, 0) is 12.8 Å². The molecular weight excluding hydrogens is 240 g/mol. The Morgan fingerprint density at radius 1 is 1.44 bits per heavy atom. The summed E-state index contributed by atoms with van der Waals surface area (Å²) < 4.78 is 4.73. The molecule has 0 aromatic heterocycles. The fraction of sp³-hybridized carbons (Fsp3) is 0.818. The zero-order chi connectivity index (χ0) is 13.9. The van der Waals surface area contributed by atoms with E-state index in [0.717, 1.165) is 0 Å². The van der Waals surface area contributed by atoms with Gasteiger partial charge < -0.3 is 10.1 Å². The van der Waals surface area contributed by atoms with Crippen LogP contribution in [0.2, 0.25) is 0 Å². The molecule has 7 heteroatoms. The van der Waals surface area contributed by atoms with Gasteiger partial charge in [0, 0.05) is 17.4 Å². The van der Waals surface area contributed by atoms with Gasteiger partial charge in [0.1, 0.15) is 5.92 Å². The molecule has 1 aliphatic carbocycles. The summed E-state index contributed by atoms with van der Waals surface area (Å²) in [7, 11) is 0. The van der Waals surface area contributed by atoms with Gasteiger partial charge in [0.25, 0.3) is 5.91 Å². The minimum atomic E-state index is -0.838. The van der Waals surface area contributed by atoms with Crippen LogP contribution in [0.3, 0.4) is 0 Å². The molecule has 1 rings (SSSR count). The molecule has 1 saturated carbocycles. The molecule has 0 aliphatic heterocycles. The molecule has 18 heavy (non-hydrogen) atoms. The standard InChI is InChI=1S/C11H18N2O5/c1-6(2)7(3)12-10(14)5-18-11(15)8-4-9(8)13(16)17/h6-9H,4-5H2,1-3H3,(H,12,14). The summed E-state index contributed by atoms with van der Waals surface area (Å²) in [5, 5.41) is 13.0. The monoisotopic (exact) mass is 258 g/mol. The zero-order valence-corrected chi connectivity index (χ0v) is 10.7. The first-order chi connectivity index (χ1) is 8.32. The number of nitrogens with zero attached hydrogens (tertiary/aromatic N) is 1. The predicted octanol–water partition coefficient (Wildman–Crippen LogP) is 0.355. The maximum atomic E-state index is 11.4. The Balaban J connectivity index is 2.23. The highest BCUT2D eigenvalue weighted by Gasteiger charge is 2.54. The van der Waals surface area contributed by atoms with Crippen molar-refractivity contribution in [1.29, 1.82) is 0 Å². The second-order valence-electron chi connectivity index (χ2n) is 4.90. The van der Waals surface area contributed by atoms with Gasteiger partial charge in [-0.15, -0.1) is 0 Å². The summed E-state index contributed by atoms with van der Waals surface area (Å²) in [4.78, 5) is 32.6. The molecule has 0 spiro atoms. The van der Waals surface area contributed by atoms with Crippen LogP contribution in [-0.2, 0) is 14.3 Å². The molecule has 1 amide bonds. The number of esters is 1. The largest absolute Gasteiger partial charge is 0.455 e. The van der Waals surface area contributed by atoms with E-state index < -0.39 is 22.9 Å². The molecule has 1 fully saturated rings. The summed E-state index contributed by atoms with van der Waals surface area (Å²) in [5.41, 5.74) is 0. The number of nitro groups is 1. The average Bonchev–Trinajstić information content (AvgIpc) is 3.05. The molecule has 0 radical (unpaired) electrons. The van der Waals surface area contributed by atoms with Gasteiger partial charge in [0.15, 0.2) is 6.61 Å². The Morgan fingerprint density at radius 3 is 2.50 bits per heavy atom. The van der Waals surface area contributed by atoms with Crippen molar-refractivity contribution in [2.24, 2.45) is 11.8 Å². The molecule has 0 aromatic rings. The first-order valence-corrected chi connectivity index (χ1v) is 5.92. The Kier molecular flexibility index (Phi) is 4.63. The van der Waals surface area contributed by atoms with E-state index in [2.05, 4.69) is 5.32 Å². The Labute approximate surface area is 105 Å². The van der Waals surface area contributed by atoms with Gasteiger partial charge in [-0.25, -0.2) is 0 Å². The molecule has 1 N–H and O–H groups in total. The van der Waals surface area contributed by atoms with Crippen LogP contribution in [0.5, 0.6) is 0 Å². The van der Waals surface area contributed by atoms with Gasteiger partial charge in [-0.1, -0.05) is 13.8 Å². The van der Waals surface area contributed by atoms with Crippen LogP contribution in [0.25, 0.3) is 0 Å². The minimum absolute atomic E-state index is 0.0105.